The molecule has 0 spiro atoms. The van der Waals surface area contributed by atoms with Gasteiger partial charge in [0.25, 0.3) is 0 Å². The predicted octanol–water partition coefficient (Wildman–Crippen LogP) is 3.76. The monoisotopic (exact) mass is 438 g/mol. The highest BCUT2D eigenvalue weighted by atomic mass is 16.6. The Kier molecular flexibility index (Phi) is 5.72. The van der Waals surface area contributed by atoms with Gasteiger partial charge >= 0.3 is 5.97 Å². The summed E-state index contributed by atoms with van der Waals surface area (Å²) in [5, 5.41) is 3.30. The maximum absolute atomic E-state index is 13.3. The van der Waals surface area contributed by atoms with Crippen molar-refractivity contribution in [3.05, 3.63) is 35.9 Å². The van der Waals surface area contributed by atoms with Crippen LogP contribution in [0.1, 0.15) is 76.3 Å². The zero-order valence-corrected chi connectivity index (χ0v) is 18.9. The molecule has 0 aromatic heterocycles. The number of likely N-dealkylation sites (tertiary alicyclic amines) is 1. The van der Waals surface area contributed by atoms with Crippen LogP contribution in [-0.2, 0) is 19.1 Å². The summed E-state index contributed by atoms with van der Waals surface area (Å²) in [4.78, 5) is 41.2. The number of piperidine rings is 1. The van der Waals surface area contributed by atoms with Crippen molar-refractivity contribution in [2.24, 2.45) is 17.8 Å². The topological polar surface area (TPSA) is 75.7 Å². The lowest BCUT2D eigenvalue weighted by atomic mass is 9.78. The molecule has 172 valence electrons. The summed E-state index contributed by atoms with van der Waals surface area (Å²) in [5.41, 5.74) is 0.126. The highest BCUT2D eigenvalue weighted by molar-refractivity contribution is 5.83. The molecule has 4 fully saturated rings. The summed E-state index contributed by atoms with van der Waals surface area (Å²) in [7, 11) is 0. The van der Waals surface area contributed by atoms with E-state index < -0.39 is 11.6 Å². The Morgan fingerprint density at radius 1 is 0.938 bits per heavy atom. The van der Waals surface area contributed by atoms with Gasteiger partial charge in [-0.3, -0.25) is 14.4 Å². The van der Waals surface area contributed by atoms with Crippen molar-refractivity contribution in [1.29, 1.82) is 0 Å². The number of rotatable bonds is 6. The Balaban J connectivity index is 1.50. The van der Waals surface area contributed by atoms with Gasteiger partial charge in [0.2, 0.25) is 11.8 Å². The van der Waals surface area contributed by atoms with Crippen LogP contribution in [0.3, 0.4) is 0 Å². The summed E-state index contributed by atoms with van der Waals surface area (Å²) >= 11 is 0. The molecule has 3 unspecified atom stereocenters. The summed E-state index contributed by atoms with van der Waals surface area (Å²) in [6.07, 6.45) is 8.10. The van der Waals surface area contributed by atoms with Crippen LogP contribution < -0.4 is 5.32 Å². The van der Waals surface area contributed by atoms with Crippen LogP contribution in [-0.4, -0.2) is 40.9 Å². The number of ether oxygens (including phenoxy) is 1. The maximum atomic E-state index is 13.3. The van der Waals surface area contributed by atoms with Gasteiger partial charge in [-0.15, -0.1) is 0 Å². The second-order valence-corrected chi connectivity index (χ2v) is 10.4. The number of nitrogens with zero attached hydrogens (tertiary/aromatic N) is 1. The zero-order valence-electron chi connectivity index (χ0n) is 18.9. The van der Waals surface area contributed by atoms with E-state index in [1.807, 2.05) is 42.2 Å². The average Bonchev–Trinajstić information content (AvgIpc) is 3.73. The summed E-state index contributed by atoms with van der Waals surface area (Å²) in [6.45, 7) is 2.47. The summed E-state index contributed by atoms with van der Waals surface area (Å²) in [6, 6.07) is 9.10. The van der Waals surface area contributed by atoms with Crippen LogP contribution in [0.4, 0.5) is 0 Å². The van der Waals surface area contributed by atoms with Crippen molar-refractivity contribution in [1.82, 2.24) is 10.2 Å². The van der Waals surface area contributed by atoms with E-state index in [-0.39, 0.29) is 41.6 Å². The average molecular weight is 439 g/mol. The van der Waals surface area contributed by atoms with Crippen molar-refractivity contribution in [2.75, 3.05) is 6.54 Å². The summed E-state index contributed by atoms with van der Waals surface area (Å²) < 4.78 is 6.14. The first kappa shape index (κ1) is 21.5. The van der Waals surface area contributed by atoms with Gasteiger partial charge in [-0.05, 0) is 51.0 Å². The van der Waals surface area contributed by atoms with Gasteiger partial charge in [0.15, 0.2) is 0 Å². The van der Waals surface area contributed by atoms with Gasteiger partial charge < -0.3 is 15.0 Å². The molecule has 3 atom stereocenters. The standard InChI is InChI=1S/C26H34N2O4/c1-26(32-25(31)20-13-14-20)15-16-28(24(30)19-11-12-19)21(17-7-3-2-4-8-17)22(26)27-23(29)18-9-5-6-10-18/h2-4,7-8,18-22H,5-6,9-16H2,1H3,(H,27,29). The highest BCUT2D eigenvalue weighted by Crippen LogP contribution is 2.44. The molecule has 6 nitrogen and oxygen atoms in total. The first-order chi connectivity index (χ1) is 15.5. The van der Waals surface area contributed by atoms with E-state index in [0.717, 1.165) is 56.9 Å². The lowest BCUT2D eigenvalue weighted by Crippen LogP contribution is -2.65. The minimum Gasteiger partial charge on any atom is -0.457 e. The molecule has 1 aromatic rings. The second-order valence-electron chi connectivity index (χ2n) is 10.4. The molecule has 0 radical (unpaired) electrons. The molecule has 32 heavy (non-hydrogen) atoms. The molecule has 6 heteroatoms. The molecule has 2 amide bonds. The van der Waals surface area contributed by atoms with Crippen LogP contribution in [0.2, 0.25) is 0 Å². The van der Waals surface area contributed by atoms with Crippen LogP contribution in [0, 0.1) is 17.8 Å². The minimum atomic E-state index is -0.852. The molecule has 4 aliphatic rings. The Morgan fingerprint density at radius 2 is 1.59 bits per heavy atom. The molecule has 1 N–H and O–H groups in total. The molecule has 1 aromatic carbocycles. The van der Waals surface area contributed by atoms with Crippen molar-refractivity contribution in [3.8, 4) is 0 Å². The van der Waals surface area contributed by atoms with E-state index in [1.54, 1.807) is 0 Å². The molecule has 3 aliphatic carbocycles. The quantitative estimate of drug-likeness (QED) is 0.687. The number of carbonyl (C=O) groups excluding carboxylic acids is 3. The molecule has 1 saturated heterocycles. The third-order valence-corrected chi connectivity index (χ3v) is 7.78. The number of hydrogen-bond acceptors (Lipinski definition) is 4. The normalized spacial score (nSPS) is 30.7. The van der Waals surface area contributed by atoms with Crippen LogP contribution >= 0.6 is 0 Å². The van der Waals surface area contributed by atoms with E-state index in [4.69, 9.17) is 4.74 Å². The maximum Gasteiger partial charge on any atom is 0.309 e. The molecule has 3 saturated carbocycles. The Hall–Kier alpha value is -2.37. The third kappa shape index (κ3) is 4.28. The molecule has 0 bridgehead atoms. The SMILES string of the molecule is CC1(OC(=O)C2CC2)CCN(C(=O)C2CC2)C(c2ccccc2)C1NC(=O)C1CCCC1. The lowest BCUT2D eigenvalue weighted by molar-refractivity contribution is -0.175. The van der Waals surface area contributed by atoms with Crippen molar-refractivity contribution in [3.63, 3.8) is 0 Å². The molecule has 1 heterocycles. The van der Waals surface area contributed by atoms with Crippen molar-refractivity contribution in [2.45, 2.75) is 82.4 Å². The predicted molar refractivity (Wildman–Crippen MR) is 119 cm³/mol. The highest BCUT2D eigenvalue weighted by Gasteiger charge is 2.53. The van der Waals surface area contributed by atoms with Gasteiger partial charge in [0.05, 0.1) is 18.0 Å². The van der Waals surface area contributed by atoms with Crippen LogP contribution in [0.5, 0.6) is 0 Å². The number of esters is 1. The fraction of sp³-hybridized carbons (Fsp3) is 0.654. The van der Waals surface area contributed by atoms with E-state index in [9.17, 15) is 14.4 Å². The minimum absolute atomic E-state index is 0.00400. The van der Waals surface area contributed by atoms with E-state index in [0.29, 0.717) is 13.0 Å². The molecular formula is C26H34N2O4. The molecule has 5 rings (SSSR count). The zero-order chi connectivity index (χ0) is 22.3. The molecular weight excluding hydrogens is 404 g/mol. The van der Waals surface area contributed by atoms with E-state index >= 15 is 0 Å². The fourth-order valence-corrected chi connectivity index (χ4v) is 5.42. The Morgan fingerprint density at radius 3 is 2.22 bits per heavy atom. The van der Waals surface area contributed by atoms with E-state index in [2.05, 4.69) is 5.32 Å². The van der Waals surface area contributed by atoms with Gasteiger partial charge in [0, 0.05) is 24.8 Å². The van der Waals surface area contributed by atoms with Gasteiger partial charge in [-0.2, -0.15) is 0 Å². The van der Waals surface area contributed by atoms with Gasteiger partial charge in [0.1, 0.15) is 5.60 Å². The smallest absolute Gasteiger partial charge is 0.309 e. The van der Waals surface area contributed by atoms with Crippen LogP contribution in [0.15, 0.2) is 30.3 Å². The van der Waals surface area contributed by atoms with Crippen molar-refractivity contribution >= 4 is 17.8 Å². The number of benzene rings is 1. The Bertz CT molecular complexity index is 873. The van der Waals surface area contributed by atoms with Crippen molar-refractivity contribution < 1.29 is 19.1 Å². The van der Waals surface area contributed by atoms with Crippen LogP contribution in [0.25, 0.3) is 0 Å². The van der Waals surface area contributed by atoms with Gasteiger partial charge in [-0.25, -0.2) is 0 Å². The Labute approximate surface area is 190 Å². The fourth-order valence-electron chi connectivity index (χ4n) is 5.42. The summed E-state index contributed by atoms with van der Waals surface area (Å²) in [5.74, 6) is 0.105. The first-order valence-electron chi connectivity index (χ1n) is 12.3. The number of carbonyl (C=O) groups is 3. The molecule has 1 aliphatic heterocycles. The second kappa shape index (κ2) is 8.53. The lowest BCUT2D eigenvalue weighted by Gasteiger charge is -2.51. The number of hydrogen-bond donors (Lipinski definition) is 1. The van der Waals surface area contributed by atoms with Gasteiger partial charge in [-0.1, -0.05) is 43.2 Å². The first-order valence-corrected chi connectivity index (χ1v) is 12.3. The third-order valence-electron chi connectivity index (χ3n) is 7.78. The van der Waals surface area contributed by atoms with E-state index in [1.165, 1.54) is 0 Å². The number of amides is 2. The largest absolute Gasteiger partial charge is 0.457 e. The number of nitrogens with one attached hydrogen (secondary N) is 1.